The van der Waals surface area contributed by atoms with Crippen molar-refractivity contribution in [1.82, 2.24) is 41.9 Å². The molecule has 334 valence electrons. The van der Waals surface area contributed by atoms with Gasteiger partial charge in [-0.05, 0) is 50.0 Å². The summed E-state index contributed by atoms with van der Waals surface area (Å²) >= 11 is 4.06. The second kappa shape index (κ2) is 27.1. The maximum absolute atomic E-state index is 14.0. The molecule has 14 N–H and O–H groups in total. The van der Waals surface area contributed by atoms with Gasteiger partial charge < -0.3 is 59.2 Å². The molecule has 0 bridgehead atoms. The van der Waals surface area contributed by atoms with Crippen LogP contribution in [-0.4, -0.2) is 117 Å². The summed E-state index contributed by atoms with van der Waals surface area (Å²) in [4.78, 5) is 112. The zero-order valence-corrected chi connectivity index (χ0v) is 35.9. The van der Waals surface area contributed by atoms with Gasteiger partial charge >= 0.3 is 5.97 Å². The van der Waals surface area contributed by atoms with E-state index in [1.807, 2.05) is 0 Å². The quantitative estimate of drug-likeness (QED) is 0.0332. The van der Waals surface area contributed by atoms with E-state index in [9.17, 15) is 43.5 Å². The van der Waals surface area contributed by atoms with Gasteiger partial charge in [0.1, 0.15) is 36.3 Å². The number of carbonyl (C=O) groups excluding carboxylic acids is 7. The molecular formula is C38H67N11O9S. The Morgan fingerprint density at radius 1 is 0.695 bits per heavy atom. The second-order valence-corrected chi connectivity index (χ2v) is 15.4. The van der Waals surface area contributed by atoms with Crippen LogP contribution in [0.1, 0.15) is 98.6 Å². The van der Waals surface area contributed by atoms with Crippen molar-refractivity contribution in [1.29, 1.82) is 0 Å². The average molecular weight is 854 g/mol. The number of unbranched alkanes of at least 4 members (excludes halogenated alkanes) is 1. The largest absolute Gasteiger partial charge is 0.480 e. The van der Waals surface area contributed by atoms with E-state index in [0.29, 0.717) is 37.8 Å². The van der Waals surface area contributed by atoms with E-state index >= 15 is 0 Å². The van der Waals surface area contributed by atoms with E-state index in [0.717, 1.165) is 0 Å². The highest BCUT2D eigenvalue weighted by Gasteiger charge is 2.36. The molecule has 0 aliphatic rings. The van der Waals surface area contributed by atoms with Crippen molar-refractivity contribution < 1.29 is 43.5 Å². The molecule has 0 aliphatic carbocycles. The van der Waals surface area contributed by atoms with E-state index in [1.54, 1.807) is 41.5 Å². The van der Waals surface area contributed by atoms with Crippen LogP contribution in [0.5, 0.6) is 0 Å². The number of carbonyl (C=O) groups is 8. The molecule has 21 heteroatoms. The molecular weight excluding hydrogens is 787 g/mol. The summed E-state index contributed by atoms with van der Waals surface area (Å²) in [7, 11) is 0. The number of rotatable bonds is 29. The van der Waals surface area contributed by atoms with Crippen LogP contribution in [0.2, 0.25) is 0 Å². The van der Waals surface area contributed by atoms with Crippen LogP contribution in [-0.2, 0) is 44.8 Å². The van der Waals surface area contributed by atoms with Crippen molar-refractivity contribution in [3.05, 3.63) is 18.2 Å². The number of thiol groups is 1. The van der Waals surface area contributed by atoms with Crippen molar-refractivity contribution in [3.8, 4) is 0 Å². The molecule has 1 aromatic rings. The Labute approximate surface area is 351 Å². The zero-order valence-electron chi connectivity index (χ0n) is 35.0. The highest BCUT2D eigenvalue weighted by molar-refractivity contribution is 7.80. The van der Waals surface area contributed by atoms with Gasteiger partial charge in [-0.3, -0.25) is 33.6 Å². The molecule has 59 heavy (non-hydrogen) atoms. The van der Waals surface area contributed by atoms with Crippen molar-refractivity contribution in [2.24, 2.45) is 35.0 Å². The van der Waals surface area contributed by atoms with Crippen LogP contribution >= 0.6 is 12.6 Å². The Hall–Kier alpha value is -4.76. The number of carboxylic acids is 1. The minimum Gasteiger partial charge on any atom is -0.480 e. The molecule has 0 aliphatic heterocycles. The number of imidazole rings is 1. The number of aliphatic carboxylic acids is 1. The number of aromatic amines is 1. The van der Waals surface area contributed by atoms with Crippen molar-refractivity contribution in [2.45, 2.75) is 142 Å². The number of aromatic nitrogens is 2. The number of H-pyrrole nitrogens is 1. The van der Waals surface area contributed by atoms with Crippen LogP contribution in [0.15, 0.2) is 12.5 Å². The Morgan fingerprint density at radius 3 is 1.63 bits per heavy atom. The summed E-state index contributed by atoms with van der Waals surface area (Å²) in [6, 6.07) is -8.46. The fourth-order valence-electron chi connectivity index (χ4n) is 5.88. The lowest BCUT2D eigenvalue weighted by Crippen LogP contribution is -2.61. The van der Waals surface area contributed by atoms with Crippen LogP contribution in [0.4, 0.5) is 0 Å². The van der Waals surface area contributed by atoms with Gasteiger partial charge in [0.25, 0.3) is 0 Å². The molecule has 0 saturated carbocycles. The van der Waals surface area contributed by atoms with Gasteiger partial charge in [0, 0.05) is 30.5 Å². The highest BCUT2D eigenvalue weighted by Crippen LogP contribution is 2.15. The number of nitrogens with one attached hydrogen (secondary N) is 7. The normalized spacial score (nSPS) is 16.3. The number of carboxylic acid groups (broad SMARTS) is 1. The Morgan fingerprint density at radius 2 is 1.15 bits per heavy atom. The molecule has 7 amide bonds. The van der Waals surface area contributed by atoms with Crippen molar-refractivity contribution in [2.75, 3.05) is 12.3 Å². The highest BCUT2D eigenvalue weighted by atomic mass is 32.1. The van der Waals surface area contributed by atoms with Gasteiger partial charge in [0.15, 0.2) is 0 Å². The zero-order chi connectivity index (χ0) is 44.8. The first-order valence-electron chi connectivity index (χ1n) is 20.2. The molecule has 0 aromatic carbocycles. The molecule has 0 radical (unpaired) electrons. The van der Waals surface area contributed by atoms with Crippen molar-refractivity contribution >= 4 is 59.9 Å². The topological polar surface area (TPSA) is 336 Å². The Balaban J connectivity index is 3.43. The maximum Gasteiger partial charge on any atom is 0.326 e. The van der Waals surface area contributed by atoms with E-state index in [1.165, 1.54) is 12.5 Å². The number of nitrogens with zero attached hydrogens (tertiary/aromatic N) is 1. The van der Waals surface area contributed by atoms with Gasteiger partial charge in [-0.1, -0.05) is 60.8 Å². The van der Waals surface area contributed by atoms with E-state index in [4.69, 9.17) is 17.2 Å². The van der Waals surface area contributed by atoms with Gasteiger partial charge in [0.05, 0.1) is 12.4 Å². The van der Waals surface area contributed by atoms with Gasteiger partial charge in [-0.2, -0.15) is 12.6 Å². The predicted octanol–water partition coefficient (Wildman–Crippen LogP) is -1.26. The van der Waals surface area contributed by atoms with Crippen LogP contribution in [0.3, 0.4) is 0 Å². The standard InChI is InChI=1S/C38H67N11O9S/c1-7-20(4)29(48-35(54)27(16-23-17-42-19-43-23)46-32(51)24(40)18-59)36(55)45-25(12-10-11-15-39)33(52)44-26(13-14-28(41)50)34(53)47-30(21(5)8-2)37(56)49-31(38(57)58)22(6)9-3/h17,19-22,24-27,29-31,59H,7-16,18,39-40H2,1-6H3,(H2,41,50)(H,42,43)(H,44,52)(H,45,55)(H,46,51)(H,47,53)(H,48,54)(H,49,56)(H,57,58)/t20-,21-,22-,24-,25-,26-,27-,29-,30-,31-/m0/s1. The number of hydrogen-bond donors (Lipinski definition) is 12. The minimum atomic E-state index is -1.41. The van der Waals surface area contributed by atoms with Gasteiger partial charge in [-0.15, -0.1) is 0 Å². The number of amides is 7. The summed E-state index contributed by atoms with van der Waals surface area (Å²) in [5, 5.41) is 25.6. The minimum absolute atomic E-state index is 0.0118. The molecule has 10 atom stereocenters. The smallest absolute Gasteiger partial charge is 0.326 e. The lowest BCUT2D eigenvalue weighted by atomic mass is 9.95. The van der Waals surface area contributed by atoms with Crippen LogP contribution in [0, 0.1) is 17.8 Å². The SMILES string of the molecule is CC[C@H](C)[C@H](NC(=O)[C@@H](NC(=O)[C@H](CCC(N)=O)NC(=O)[C@H](CCCCN)NC(=O)[C@@H](NC(=O)[C@H](Cc1cnc[nH]1)NC(=O)[C@@H](N)CS)[C@@H](C)CC)[C@@H](C)CC)C(=O)O. The summed E-state index contributed by atoms with van der Waals surface area (Å²) in [6.45, 7) is 10.8. The summed E-state index contributed by atoms with van der Waals surface area (Å²) in [5.74, 6) is -7.77. The third kappa shape index (κ3) is 18.0. The Kier molecular flexibility index (Phi) is 24.0. The van der Waals surface area contributed by atoms with E-state index in [2.05, 4.69) is 54.5 Å². The maximum atomic E-state index is 14.0. The fraction of sp³-hybridized carbons (Fsp3) is 0.711. The summed E-state index contributed by atoms with van der Waals surface area (Å²) in [5.41, 5.74) is 17.5. The lowest BCUT2D eigenvalue weighted by Gasteiger charge is -2.30. The third-order valence-electron chi connectivity index (χ3n) is 10.4. The molecule has 0 fully saturated rings. The number of primary amides is 1. The first-order valence-corrected chi connectivity index (χ1v) is 20.9. The molecule has 1 rings (SSSR count). The van der Waals surface area contributed by atoms with Crippen molar-refractivity contribution in [3.63, 3.8) is 0 Å². The predicted molar refractivity (Wildman–Crippen MR) is 223 cm³/mol. The molecule has 1 heterocycles. The third-order valence-corrected chi connectivity index (χ3v) is 10.8. The molecule has 0 unspecified atom stereocenters. The summed E-state index contributed by atoms with van der Waals surface area (Å²) in [6.07, 6.45) is 4.54. The molecule has 20 nitrogen and oxygen atoms in total. The first-order chi connectivity index (χ1) is 27.8. The first kappa shape index (κ1) is 52.3. The second-order valence-electron chi connectivity index (χ2n) is 15.0. The summed E-state index contributed by atoms with van der Waals surface area (Å²) < 4.78 is 0. The van der Waals surface area contributed by atoms with Crippen LogP contribution < -0.4 is 49.1 Å². The van der Waals surface area contributed by atoms with Gasteiger partial charge in [0.2, 0.25) is 41.4 Å². The number of hydrogen-bond acceptors (Lipinski definition) is 12. The fourth-order valence-corrected chi connectivity index (χ4v) is 6.04. The lowest BCUT2D eigenvalue weighted by molar-refractivity contribution is -0.144. The van der Waals surface area contributed by atoms with Gasteiger partial charge in [-0.25, -0.2) is 9.78 Å². The van der Waals surface area contributed by atoms with Crippen LogP contribution in [0.25, 0.3) is 0 Å². The number of nitrogens with two attached hydrogens (primary N) is 3. The molecule has 0 saturated heterocycles. The average Bonchev–Trinajstić information content (AvgIpc) is 3.73. The van der Waals surface area contributed by atoms with E-state index in [-0.39, 0.29) is 38.0 Å². The molecule has 0 spiro atoms. The monoisotopic (exact) mass is 853 g/mol. The Bertz CT molecular complexity index is 1530. The van der Waals surface area contributed by atoms with E-state index < -0.39 is 107 Å². The molecule has 1 aromatic heterocycles.